The molecular formula is C21H24N3O3S+. The fourth-order valence-corrected chi connectivity index (χ4v) is 4.07. The maximum Gasteiger partial charge on any atom is 0.260 e. The van der Waals surface area contributed by atoms with Gasteiger partial charge in [0.2, 0.25) is 6.79 Å². The standard InChI is InChI=1S/C21H23N3O3S/c1-13-5-6-15(9-14(13)2)20(25)24(8-7-23(3)4)21-22-16-10-17-18(27-12-26-17)11-19(16)28-21/h5-6,9-11H,7-8,12H2,1-4H3/p+1. The molecule has 1 aliphatic rings. The van der Waals surface area contributed by atoms with Crippen molar-refractivity contribution in [2.45, 2.75) is 13.8 Å². The third-order valence-electron chi connectivity index (χ3n) is 4.94. The molecule has 146 valence electrons. The van der Waals surface area contributed by atoms with E-state index in [1.54, 1.807) is 4.90 Å². The first-order valence-corrected chi connectivity index (χ1v) is 10.1. The second-order valence-electron chi connectivity index (χ2n) is 7.38. The number of quaternary nitrogens is 1. The first-order chi connectivity index (χ1) is 13.4. The number of benzene rings is 2. The van der Waals surface area contributed by atoms with E-state index in [1.807, 2.05) is 44.2 Å². The molecule has 0 bridgehead atoms. The molecule has 2 aromatic carbocycles. The largest absolute Gasteiger partial charge is 0.454 e. The van der Waals surface area contributed by atoms with Gasteiger partial charge in [-0.1, -0.05) is 17.4 Å². The summed E-state index contributed by atoms with van der Waals surface area (Å²) in [5.74, 6) is 1.41. The SMILES string of the molecule is Cc1ccc(C(=O)N(CC[NH+](C)C)c2nc3cc4c(cc3s2)OCO4)cc1C. The second-order valence-corrected chi connectivity index (χ2v) is 8.39. The first-order valence-electron chi connectivity index (χ1n) is 9.30. The van der Waals surface area contributed by atoms with Gasteiger partial charge in [-0.3, -0.25) is 9.69 Å². The molecule has 1 N–H and O–H groups in total. The number of hydrogen-bond donors (Lipinski definition) is 1. The van der Waals surface area contributed by atoms with Gasteiger partial charge in [-0.05, 0) is 37.1 Å². The lowest BCUT2D eigenvalue weighted by Crippen LogP contribution is -3.06. The van der Waals surface area contributed by atoms with E-state index in [1.165, 1.54) is 21.8 Å². The summed E-state index contributed by atoms with van der Waals surface area (Å²) in [6.07, 6.45) is 0. The summed E-state index contributed by atoms with van der Waals surface area (Å²) in [5, 5.41) is 0.697. The van der Waals surface area contributed by atoms with Crippen LogP contribution in [0.15, 0.2) is 30.3 Å². The lowest BCUT2D eigenvalue weighted by Gasteiger charge is -2.21. The van der Waals surface area contributed by atoms with Crippen LogP contribution >= 0.6 is 11.3 Å². The predicted octanol–water partition coefficient (Wildman–Crippen LogP) is 2.43. The topological polar surface area (TPSA) is 56.1 Å². The zero-order valence-electron chi connectivity index (χ0n) is 16.5. The van der Waals surface area contributed by atoms with Crippen molar-refractivity contribution in [1.82, 2.24) is 4.98 Å². The molecule has 3 aromatic rings. The lowest BCUT2D eigenvalue weighted by molar-refractivity contribution is -0.856. The van der Waals surface area contributed by atoms with Crippen LogP contribution in [-0.2, 0) is 0 Å². The van der Waals surface area contributed by atoms with Crippen LogP contribution in [0.5, 0.6) is 11.5 Å². The fraction of sp³-hybridized carbons (Fsp3) is 0.333. The lowest BCUT2D eigenvalue weighted by atomic mass is 10.1. The highest BCUT2D eigenvalue weighted by molar-refractivity contribution is 7.22. The Kier molecular flexibility index (Phi) is 4.95. The van der Waals surface area contributed by atoms with E-state index in [9.17, 15) is 4.79 Å². The molecule has 0 saturated carbocycles. The molecule has 1 aromatic heterocycles. The number of aryl methyl sites for hydroxylation is 2. The Morgan fingerprint density at radius 2 is 1.89 bits per heavy atom. The number of aromatic nitrogens is 1. The molecule has 4 rings (SSSR count). The number of amides is 1. The number of likely N-dealkylation sites (N-methyl/N-ethyl adjacent to an activating group) is 1. The molecule has 28 heavy (non-hydrogen) atoms. The van der Waals surface area contributed by atoms with Crippen LogP contribution in [0.2, 0.25) is 0 Å². The van der Waals surface area contributed by atoms with Gasteiger partial charge >= 0.3 is 0 Å². The van der Waals surface area contributed by atoms with Crippen molar-refractivity contribution >= 4 is 32.6 Å². The predicted molar refractivity (Wildman–Crippen MR) is 111 cm³/mol. The number of nitrogens with zero attached hydrogens (tertiary/aromatic N) is 2. The van der Waals surface area contributed by atoms with Crippen LogP contribution in [0.1, 0.15) is 21.5 Å². The van der Waals surface area contributed by atoms with E-state index >= 15 is 0 Å². The van der Waals surface area contributed by atoms with E-state index in [0.29, 0.717) is 23.0 Å². The molecule has 0 radical (unpaired) electrons. The van der Waals surface area contributed by atoms with Gasteiger partial charge in [-0.25, -0.2) is 4.98 Å². The summed E-state index contributed by atoms with van der Waals surface area (Å²) in [6.45, 7) is 5.74. The summed E-state index contributed by atoms with van der Waals surface area (Å²) >= 11 is 1.50. The van der Waals surface area contributed by atoms with Crippen molar-refractivity contribution in [1.29, 1.82) is 0 Å². The minimum Gasteiger partial charge on any atom is -0.454 e. The van der Waals surface area contributed by atoms with Crippen molar-refractivity contribution in [2.75, 3.05) is 38.9 Å². The average molecular weight is 399 g/mol. The molecule has 0 aliphatic carbocycles. The summed E-state index contributed by atoms with van der Waals surface area (Å²) in [4.78, 5) is 21.1. The number of carbonyl (C=O) groups excluding carboxylic acids is 1. The highest BCUT2D eigenvalue weighted by Gasteiger charge is 2.24. The third kappa shape index (κ3) is 3.55. The van der Waals surface area contributed by atoms with Crippen molar-refractivity contribution in [3.8, 4) is 11.5 Å². The smallest absolute Gasteiger partial charge is 0.260 e. The van der Waals surface area contributed by atoms with E-state index in [4.69, 9.17) is 14.5 Å². The van der Waals surface area contributed by atoms with Crippen molar-refractivity contribution in [3.63, 3.8) is 0 Å². The van der Waals surface area contributed by atoms with Gasteiger partial charge in [0.15, 0.2) is 16.6 Å². The Hall–Kier alpha value is -2.64. The van der Waals surface area contributed by atoms with E-state index in [2.05, 4.69) is 14.1 Å². The molecule has 1 aliphatic heterocycles. The number of anilines is 1. The van der Waals surface area contributed by atoms with E-state index in [-0.39, 0.29) is 12.7 Å². The summed E-state index contributed by atoms with van der Waals surface area (Å²) in [5.41, 5.74) is 3.79. The highest BCUT2D eigenvalue weighted by Crippen LogP contribution is 2.40. The highest BCUT2D eigenvalue weighted by atomic mass is 32.1. The normalized spacial score (nSPS) is 12.8. The molecule has 0 spiro atoms. The summed E-state index contributed by atoms with van der Waals surface area (Å²) in [7, 11) is 4.16. The molecule has 7 heteroatoms. The number of rotatable bonds is 5. The monoisotopic (exact) mass is 398 g/mol. The molecule has 2 heterocycles. The molecule has 6 nitrogen and oxygen atoms in total. The van der Waals surface area contributed by atoms with Gasteiger partial charge in [-0.15, -0.1) is 0 Å². The van der Waals surface area contributed by atoms with Gasteiger partial charge < -0.3 is 14.4 Å². The average Bonchev–Trinajstić information content (AvgIpc) is 3.27. The molecule has 0 fully saturated rings. The number of nitrogens with one attached hydrogen (secondary N) is 1. The van der Waals surface area contributed by atoms with Crippen LogP contribution in [-0.4, -0.2) is 44.9 Å². The summed E-state index contributed by atoms with van der Waals surface area (Å²) in [6, 6.07) is 9.66. The quantitative estimate of drug-likeness (QED) is 0.717. The number of carbonyl (C=O) groups is 1. The van der Waals surface area contributed by atoms with E-state index < -0.39 is 0 Å². The maximum absolute atomic E-state index is 13.3. The molecule has 1 amide bonds. The zero-order chi connectivity index (χ0) is 19.8. The van der Waals surface area contributed by atoms with E-state index in [0.717, 1.165) is 28.1 Å². The Morgan fingerprint density at radius 3 is 2.61 bits per heavy atom. The second kappa shape index (κ2) is 7.41. The maximum atomic E-state index is 13.3. The minimum absolute atomic E-state index is 0.0246. The fourth-order valence-electron chi connectivity index (χ4n) is 3.07. The Bertz CT molecular complexity index is 1000. The van der Waals surface area contributed by atoms with Crippen molar-refractivity contribution in [2.24, 2.45) is 0 Å². The molecule has 0 unspecified atom stereocenters. The Morgan fingerprint density at radius 1 is 1.14 bits per heavy atom. The van der Waals surface area contributed by atoms with Crippen molar-refractivity contribution in [3.05, 3.63) is 47.0 Å². The van der Waals surface area contributed by atoms with Crippen LogP contribution in [0.4, 0.5) is 5.13 Å². The first kappa shape index (κ1) is 18.7. The van der Waals surface area contributed by atoms with Crippen LogP contribution < -0.4 is 19.3 Å². The van der Waals surface area contributed by atoms with Gasteiger partial charge in [0, 0.05) is 17.7 Å². The Balaban J connectivity index is 1.72. The molecule has 0 atom stereocenters. The third-order valence-corrected chi connectivity index (χ3v) is 5.98. The van der Waals surface area contributed by atoms with Gasteiger partial charge in [0.1, 0.15) is 0 Å². The molecular weight excluding hydrogens is 374 g/mol. The summed E-state index contributed by atoms with van der Waals surface area (Å²) < 4.78 is 11.9. The minimum atomic E-state index is -0.0246. The Labute approximate surface area is 168 Å². The number of thiazole rings is 1. The number of hydrogen-bond acceptors (Lipinski definition) is 5. The molecule has 0 saturated heterocycles. The van der Waals surface area contributed by atoms with Gasteiger partial charge in [-0.2, -0.15) is 0 Å². The number of fused-ring (bicyclic) bond motifs is 2. The van der Waals surface area contributed by atoms with Crippen molar-refractivity contribution < 1.29 is 19.2 Å². The van der Waals surface area contributed by atoms with Crippen LogP contribution in [0, 0.1) is 13.8 Å². The zero-order valence-corrected chi connectivity index (χ0v) is 17.4. The van der Waals surface area contributed by atoms with Crippen LogP contribution in [0.3, 0.4) is 0 Å². The van der Waals surface area contributed by atoms with Gasteiger partial charge in [0.25, 0.3) is 5.91 Å². The number of ether oxygens (including phenoxy) is 2. The van der Waals surface area contributed by atoms with Crippen LogP contribution in [0.25, 0.3) is 10.2 Å². The van der Waals surface area contributed by atoms with Gasteiger partial charge in [0.05, 0.1) is 37.4 Å².